The van der Waals surface area contributed by atoms with Crippen molar-refractivity contribution >= 4 is 0 Å². The van der Waals surface area contributed by atoms with E-state index in [9.17, 15) is 0 Å². The molecule has 1 heteroatoms. The van der Waals surface area contributed by atoms with Crippen LogP contribution in [0.4, 0.5) is 0 Å². The third-order valence-corrected chi connectivity index (χ3v) is 3.04. The Morgan fingerprint density at radius 2 is 1.76 bits per heavy atom. The fourth-order valence-electron chi connectivity index (χ4n) is 2.05. The van der Waals surface area contributed by atoms with Gasteiger partial charge in [-0.15, -0.1) is 0 Å². The first-order valence-electron chi connectivity index (χ1n) is 5.97. The zero-order valence-corrected chi connectivity index (χ0v) is 10.4. The van der Waals surface area contributed by atoms with Crippen LogP contribution in [0.1, 0.15) is 24.0 Å². The molecule has 0 fully saturated rings. The third-order valence-electron chi connectivity index (χ3n) is 3.04. The second kappa shape index (κ2) is 5.53. The Kier molecular flexibility index (Phi) is 3.81. The molecule has 88 valence electrons. The fourth-order valence-corrected chi connectivity index (χ4v) is 2.05. The van der Waals surface area contributed by atoms with E-state index in [1.165, 1.54) is 11.1 Å². The summed E-state index contributed by atoms with van der Waals surface area (Å²) in [5.74, 6) is 1.46. The number of methoxy groups -OCH3 is 1. The van der Waals surface area contributed by atoms with Gasteiger partial charge in [0.2, 0.25) is 0 Å². The monoisotopic (exact) mass is 226 g/mol. The van der Waals surface area contributed by atoms with Gasteiger partial charge in [-0.25, -0.2) is 0 Å². The first kappa shape index (κ1) is 11.7. The highest BCUT2D eigenvalue weighted by atomic mass is 16.5. The largest absolute Gasteiger partial charge is 0.497 e. The molecule has 0 saturated heterocycles. The molecule has 2 aromatic carbocycles. The van der Waals surface area contributed by atoms with Gasteiger partial charge in [0.1, 0.15) is 5.75 Å². The van der Waals surface area contributed by atoms with Crippen molar-refractivity contribution in [3.63, 3.8) is 0 Å². The van der Waals surface area contributed by atoms with Crippen LogP contribution in [0.15, 0.2) is 54.6 Å². The molecular formula is C16H18O. The predicted octanol–water partition coefficient (Wildman–Crippen LogP) is 4.04. The highest BCUT2D eigenvalue weighted by Gasteiger charge is 2.06. The molecule has 0 N–H and O–H groups in total. The van der Waals surface area contributed by atoms with E-state index in [2.05, 4.69) is 49.4 Å². The summed E-state index contributed by atoms with van der Waals surface area (Å²) in [7, 11) is 1.71. The normalized spacial score (nSPS) is 12.1. The van der Waals surface area contributed by atoms with Crippen molar-refractivity contribution in [1.29, 1.82) is 0 Å². The molecule has 0 saturated carbocycles. The molecule has 17 heavy (non-hydrogen) atoms. The van der Waals surface area contributed by atoms with Gasteiger partial charge in [0, 0.05) is 0 Å². The Hall–Kier alpha value is -1.76. The summed E-state index contributed by atoms with van der Waals surface area (Å²) >= 11 is 0. The van der Waals surface area contributed by atoms with Gasteiger partial charge in [0.15, 0.2) is 0 Å². The molecule has 0 spiro atoms. The quantitative estimate of drug-likeness (QED) is 0.764. The number of rotatable bonds is 4. The van der Waals surface area contributed by atoms with Crippen molar-refractivity contribution in [2.45, 2.75) is 19.3 Å². The van der Waals surface area contributed by atoms with E-state index in [4.69, 9.17) is 4.74 Å². The minimum atomic E-state index is 0.531. The lowest BCUT2D eigenvalue weighted by Gasteiger charge is -2.12. The molecule has 0 aliphatic rings. The minimum absolute atomic E-state index is 0.531. The summed E-state index contributed by atoms with van der Waals surface area (Å²) in [6.07, 6.45) is 1.04. The summed E-state index contributed by atoms with van der Waals surface area (Å²) in [6.45, 7) is 2.26. The van der Waals surface area contributed by atoms with Crippen molar-refractivity contribution in [2.75, 3.05) is 7.11 Å². The van der Waals surface area contributed by atoms with Crippen molar-refractivity contribution in [2.24, 2.45) is 0 Å². The highest BCUT2D eigenvalue weighted by molar-refractivity contribution is 5.30. The molecule has 0 aromatic heterocycles. The second-order valence-electron chi connectivity index (χ2n) is 4.37. The zero-order valence-electron chi connectivity index (χ0n) is 10.4. The van der Waals surface area contributed by atoms with Crippen molar-refractivity contribution < 1.29 is 4.74 Å². The molecule has 0 radical (unpaired) electrons. The molecule has 2 rings (SSSR count). The van der Waals surface area contributed by atoms with E-state index in [1.54, 1.807) is 7.11 Å². The highest BCUT2D eigenvalue weighted by Crippen LogP contribution is 2.22. The SMILES string of the molecule is COc1cccc(CC(C)c2ccccc2)c1. The Balaban J connectivity index is 2.10. The Morgan fingerprint density at radius 3 is 2.47 bits per heavy atom. The van der Waals surface area contributed by atoms with Crippen LogP contribution in [-0.4, -0.2) is 7.11 Å². The smallest absolute Gasteiger partial charge is 0.119 e. The van der Waals surface area contributed by atoms with Gasteiger partial charge in [-0.1, -0.05) is 49.4 Å². The molecule has 2 aromatic rings. The average molecular weight is 226 g/mol. The van der Waals surface area contributed by atoms with Crippen LogP contribution in [0, 0.1) is 0 Å². The topological polar surface area (TPSA) is 9.23 Å². The van der Waals surface area contributed by atoms with E-state index in [-0.39, 0.29) is 0 Å². The fraction of sp³-hybridized carbons (Fsp3) is 0.250. The van der Waals surface area contributed by atoms with Gasteiger partial charge in [0.25, 0.3) is 0 Å². The number of hydrogen-bond donors (Lipinski definition) is 0. The van der Waals surface area contributed by atoms with Crippen LogP contribution < -0.4 is 4.74 Å². The molecule has 1 nitrogen and oxygen atoms in total. The van der Waals surface area contributed by atoms with Crippen LogP contribution in [0.5, 0.6) is 5.75 Å². The number of benzene rings is 2. The predicted molar refractivity (Wildman–Crippen MR) is 71.6 cm³/mol. The standard InChI is InChI=1S/C16H18O/c1-13(15-8-4-3-5-9-15)11-14-7-6-10-16(12-14)17-2/h3-10,12-13H,11H2,1-2H3. The van der Waals surface area contributed by atoms with E-state index < -0.39 is 0 Å². The molecule has 1 atom stereocenters. The lowest BCUT2D eigenvalue weighted by Crippen LogP contribution is -1.98. The summed E-state index contributed by atoms with van der Waals surface area (Å²) < 4.78 is 5.24. The molecule has 1 unspecified atom stereocenters. The molecule has 0 amide bonds. The molecule has 0 heterocycles. The lowest BCUT2D eigenvalue weighted by atomic mass is 9.94. The van der Waals surface area contributed by atoms with Crippen LogP contribution in [0.3, 0.4) is 0 Å². The van der Waals surface area contributed by atoms with E-state index in [1.807, 2.05) is 12.1 Å². The van der Waals surface area contributed by atoms with Gasteiger partial charge in [0.05, 0.1) is 7.11 Å². The van der Waals surface area contributed by atoms with E-state index in [0.29, 0.717) is 5.92 Å². The number of ether oxygens (including phenoxy) is 1. The van der Waals surface area contributed by atoms with Crippen LogP contribution in [0.25, 0.3) is 0 Å². The van der Waals surface area contributed by atoms with Gasteiger partial charge in [-0.2, -0.15) is 0 Å². The molecular weight excluding hydrogens is 208 g/mol. The van der Waals surface area contributed by atoms with Crippen molar-refractivity contribution in [1.82, 2.24) is 0 Å². The second-order valence-corrected chi connectivity index (χ2v) is 4.37. The Morgan fingerprint density at radius 1 is 1.00 bits per heavy atom. The minimum Gasteiger partial charge on any atom is -0.497 e. The Bertz CT molecular complexity index is 462. The Labute approximate surface area is 103 Å². The molecule has 0 aliphatic heterocycles. The first-order chi connectivity index (χ1) is 8.29. The van der Waals surface area contributed by atoms with Gasteiger partial charge >= 0.3 is 0 Å². The summed E-state index contributed by atoms with van der Waals surface area (Å²) in [5.41, 5.74) is 2.70. The molecule has 0 aliphatic carbocycles. The maximum absolute atomic E-state index is 5.24. The summed E-state index contributed by atoms with van der Waals surface area (Å²) in [4.78, 5) is 0. The third kappa shape index (κ3) is 3.10. The van der Waals surface area contributed by atoms with Gasteiger partial charge < -0.3 is 4.74 Å². The van der Waals surface area contributed by atoms with Crippen molar-refractivity contribution in [3.05, 3.63) is 65.7 Å². The average Bonchev–Trinajstić information content (AvgIpc) is 2.40. The van der Waals surface area contributed by atoms with Crippen LogP contribution in [-0.2, 0) is 6.42 Å². The van der Waals surface area contributed by atoms with Gasteiger partial charge in [-0.05, 0) is 35.6 Å². The molecule has 0 bridgehead atoms. The van der Waals surface area contributed by atoms with Crippen molar-refractivity contribution in [3.8, 4) is 5.75 Å². The maximum atomic E-state index is 5.24. The first-order valence-corrected chi connectivity index (χ1v) is 5.97. The summed E-state index contributed by atoms with van der Waals surface area (Å²) in [6, 6.07) is 18.9. The zero-order chi connectivity index (χ0) is 12.1. The van der Waals surface area contributed by atoms with Crippen LogP contribution in [0.2, 0.25) is 0 Å². The summed E-state index contributed by atoms with van der Waals surface area (Å²) in [5, 5.41) is 0. The van der Waals surface area contributed by atoms with Gasteiger partial charge in [-0.3, -0.25) is 0 Å². The van der Waals surface area contributed by atoms with E-state index >= 15 is 0 Å². The lowest BCUT2D eigenvalue weighted by molar-refractivity contribution is 0.414. The number of hydrogen-bond acceptors (Lipinski definition) is 1. The van der Waals surface area contributed by atoms with E-state index in [0.717, 1.165) is 12.2 Å². The maximum Gasteiger partial charge on any atom is 0.119 e. The van der Waals surface area contributed by atoms with Crippen LogP contribution >= 0.6 is 0 Å².